The third-order valence-electron chi connectivity index (χ3n) is 19.7. The SMILES string of the molecule is CSCC[C@H](NC(=O)[C@H](CC(C)C)NC(=O)[C@H](CC(C)C)NC(=O)[C@H](CCCCN)NC(=O)[C@H](CCCCN)NC(=O)[C@H](CC(C)C)NC(=O)[C@H](CC(C)C)NC(=O)[C@H](CCCCN)NC(=O)[C@H](CCCCN)NC(=O)[C@H](CC(C)C)NC(=O)[C@H](CC(C)C)NC(=O)[C@H](CCCCN)NC(=O)[C@H](CCCCN)NC(=O)[C@@H](N)CCSC)C(=O)O. The summed E-state index contributed by atoms with van der Waals surface area (Å²) in [7, 11) is 0. The summed E-state index contributed by atoms with van der Waals surface area (Å²) in [4.78, 5) is 200. The first kappa shape index (κ1) is 112. The number of hydrogen-bond acceptors (Lipinski definition) is 23. The zero-order valence-corrected chi connectivity index (χ0v) is 75.7. The fourth-order valence-corrected chi connectivity index (χ4v) is 14.2. The van der Waals surface area contributed by atoms with Crippen LogP contribution >= 0.6 is 23.5 Å². The van der Waals surface area contributed by atoms with Crippen molar-refractivity contribution in [3.05, 3.63) is 0 Å². The number of amides is 13. The van der Waals surface area contributed by atoms with Gasteiger partial charge in [-0.3, -0.25) is 62.3 Å². The lowest BCUT2D eigenvalue weighted by Crippen LogP contribution is -2.61. The van der Waals surface area contributed by atoms with Gasteiger partial charge in [-0.2, -0.15) is 23.5 Å². The third kappa shape index (κ3) is 49.6. The predicted octanol–water partition coefficient (Wildman–Crippen LogP) is 1.26. The first-order chi connectivity index (χ1) is 56.3. The highest BCUT2D eigenvalue weighted by Crippen LogP contribution is 2.19. The second-order valence-corrected chi connectivity index (χ2v) is 35.8. The van der Waals surface area contributed by atoms with E-state index in [4.69, 9.17) is 40.1 Å². The average molecular weight is 1730 g/mol. The van der Waals surface area contributed by atoms with Crippen molar-refractivity contribution in [2.75, 3.05) is 63.3 Å². The maximum atomic E-state index is 14.9. The average Bonchev–Trinajstić information content (AvgIpc) is 0.850. The van der Waals surface area contributed by atoms with Crippen molar-refractivity contribution >= 4 is 106 Å². The Morgan fingerprint density at radius 1 is 0.227 bits per heavy atom. The lowest BCUT2D eigenvalue weighted by atomic mass is 9.98. The van der Waals surface area contributed by atoms with E-state index >= 15 is 0 Å². The Kier molecular flexibility index (Phi) is 61.0. The van der Waals surface area contributed by atoms with Gasteiger partial charge in [0.05, 0.1) is 6.04 Å². The number of carbonyl (C=O) groups is 14. The van der Waals surface area contributed by atoms with Crippen LogP contribution in [0.3, 0.4) is 0 Å². The van der Waals surface area contributed by atoms with Crippen LogP contribution in [0.15, 0.2) is 0 Å². The van der Waals surface area contributed by atoms with Gasteiger partial charge in [0, 0.05) is 0 Å². The van der Waals surface area contributed by atoms with E-state index in [-0.39, 0.29) is 145 Å². The van der Waals surface area contributed by atoms with E-state index < -0.39 is 167 Å². The van der Waals surface area contributed by atoms with E-state index in [9.17, 15) is 72.2 Å². The number of nitrogens with one attached hydrogen (secondary N) is 13. The number of rotatable bonds is 69. The second-order valence-electron chi connectivity index (χ2n) is 33.8. The maximum absolute atomic E-state index is 14.9. The monoisotopic (exact) mass is 1730 g/mol. The van der Waals surface area contributed by atoms with Gasteiger partial charge < -0.3 is 114 Å². The Morgan fingerprint density at radius 3 is 0.538 bits per heavy atom. The maximum Gasteiger partial charge on any atom is 0.326 e. The Labute approximate surface area is 717 Å². The fraction of sp³-hybridized carbons (Fsp3) is 0.829. The van der Waals surface area contributed by atoms with Crippen molar-refractivity contribution in [2.24, 2.45) is 75.6 Å². The molecule has 0 heterocycles. The molecule has 28 N–H and O–H groups in total. The molecule has 0 bridgehead atoms. The van der Waals surface area contributed by atoms with E-state index in [0.717, 1.165) is 0 Å². The van der Waals surface area contributed by atoms with E-state index in [1.54, 1.807) is 0 Å². The normalized spacial score (nSPS) is 15.1. The van der Waals surface area contributed by atoms with Crippen LogP contribution in [0, 0.1) is 35.5 Å². The largest absolute Gasteiger partial charge is 0.480 e. The molecule has 0 aromatic heterocycles. The molecule has 0 fully saturated rings. The highest BCUT2D eigenvalue weighted by Gasteiger charge is 2.39. The topological polar surface area (TPSA) is 598 Å². The van der Waals surface area contributed by atoms with Gasteiger partial charge in [-0.15, -0.1) is 0 Å². The molecule has 0 saturated carbocycles. The summed E-state index contributed by atoms with van der Waals surface area (Å²) in [5.41, 5.74) is 41.5. The van der Waals surface area contributed by atoms with Crippen molar-refractivity contribution in [3.8, 4) is 0 Å². The Bertz CT molecular complexity index is 3010. The van der Waals surface area contributed by atoms with Crippen molar-refractivity contribution in [1.82, 2.24) is 69.1 Å². The molecular formula is C82H158N20O15S2. The standard InChI is InChI=1S/C82H158N20O15S2/c1-49(2)43-63(100-79(113)66(46-52(7)8)97-73(107)59(30-18-24-38-86)91-70(104)56(27-15-21-35-83)90-69(103)55(89)33-41-118-13)76(110)94-57(28-16-22-36-84)71(105)92-60(31-19-25-39-87)74(108)98-67(47-53(9)10)80(114)101-64(44-50(3)4)77(111)95-58(29-17-23-37-85)72(106)93-61(32-20-26-40-88)75(109)99-68(48-54(11)12)81(115)102-65(45-51(5)6)78(112)96-62(82(116)117)34-42-119-14/h49-68H,15-48,83-89H2,1-14H3,(H,90,103)(H,91,104)(H,92,105)(H,93,106)(H,94,110)(H,95,111)(H,96,112)(H,97,107)(H,98,108)(H,99,109)(H,100,113)(H,101,114)(H,102,115)(H,116,117)/t55-,56-,57-,58-,59-,60-,61-,62-,63-,64-,65-,66-,67-,68-/m0/s1. The molecule has 0 aliphatic carbocycles. The zero-order valence-electron chi connectivity index (χ0n) is 74.1. The van der Waals surface area contributed by atoms with Crippen LogP contribution in [-0.4, -0.2) is 236 Å². The molecule has 13 amide bonds. The van der Waals surface area contributed by atoms with Crippen molar-refractivity contribution in [3.63, 3.8) is 0 Å². The summed E-state index contributed by atoms with van der Waals surface area (Å²) in [6.45, 7) is 23.6. The number of hydrogen-bond donors (Lipinski definition) is 21. The predicted molar refractivity (Wildman–Crippen MR) is 471 cm³/mol. The van der Waals surface area contributed by atoms with Crippen molar-refractivity contribution in [2.45, 2.75) is 335 Å². The lowest BCUT2D eigenvalue weighted by Gasteiger charge is -2.30. The number of thioether (sulfide) groups is 2. The zero-order chi connectivity index (χ0) is 90.3. The van der Waals surface area contributed by atoms with Gasteiger partial charge in [-0.1, -0.05) is 83.1 Å². The minimum Gasteiger partial charge on any atom is -0.480 e. The van der Waals surface area contributed by atoms with E-state index in [1.165, 1.54) is 23.5 Å². The number of carboxylic acid groups (broad SMARTS) is 1. The van der Waals surface area contributed by atoms with E-state index in [0.29, 0.717) is 108 Å². The third-order valence-corrected chi connectivity index (χ3v) is 21.0. The van der Waals surface area contributed by atoms with Crippen LogP contribution in [0.25, 0.3) is 0 Å². The molecule has 688 valence electrons. The summed E-state index contributed by atoms with van der Waals surface area (Å²) >= 11 is 2.94. The van der Waals surface area contributed by atoms with Crippen LogP contribution in [-0.2, 0) is 67.1 Å². The first-order valence-electron chi connectivity index (χ1n) is 43.4. The summed E-state index contributed by atoms with van der Waals surface area (Å²) in [6.07, 6.45) is 10.4. The van der Waals surface area contributed by atoms with Crippen LogP contribution in [0.2, 0.25) is 0 Å². The molecule has 0 aliphatic rings. The van der Waals surface area contributed by atoms with Crippen molar-refractivity contribution in [1.29, 1.82) is 0 Å². The molecule has 0 spiro atoms. The molecule has 0 saturated heterocycles. The molecule has 0 aromatic rings. The highest BCUT2D eigenvalue weighted by atomic mass is 32.2. The van der Waals surface area contributed by atoms with Gasteiger partial charge >= 0.3 is 5.97 Å². The number of carboxylic acids is 1. The molecule has 0 unspecified atom stereocenters. The van der Waals surface area contributed by atoms with E-state index in [2.05, 4.69) is 69.1 Å². The van der Waals surface area contributed by atoms with Crippen LogP contribution < -0.4 is 109 Å². The van der Waals surface area contributed by atoms with Crippen LogP contribution in [0.5, 0.6) is 0 Å². The van der Waals surface area contributed by atoms with Crippen LogP contribution in [0.1, 0.15) is 250 Å². The minimum absolute atomic E-state index is 0.0327. The fourth-order valence-electron chi connectivity index (χ4n) is 13.2. The number of carbonyl (C=O) groups excluding carboxylic acids is 13. The molecule has 0 aliphatic heterocycles. The first-order valence-corrected chi connectivity index (χ1v) is 46.2. The Morgan fingerprint density at radius 2 is 0.378 bits per heavy atom. The molecule has 0 aromatic carbocycles. The highest BCUT2D eigenvalue weighted by molar-refractivity contribution is 7.98. The van der Waals surface area contributed by atoms with Gasteiger partial charge in [0.15, 0.2) is 0 Å². The van der Waals surface area contributed by atoms with E-state index in [1.807, 2.05) is 95.6 Å². The Balaban J connectivity index is 7.39. The summed E-state index contributed by atoms with van der Waals surface area (Å²) < 4.78 is 0. The van der Waals surface area contributed by atoms with Gasteiger partial charge in [0.1, 0.15) is 78.5 Å². The smallest absolute Gasteiger partial charge is 0.326 e. The van der Waals surface area contributed by atoms with Gasteiger partial charge in [-0.05, 0) is 266 Å². The molecule has 37 heteroatoms. The number of nitrogens with two attached hydrogens (primary N) is 7. The summed E-state index contributed by atoms with van der Waals surface area (Å²) in [5, 5.41) is 46.2. The number of aliphatic carboxylic acids is 1. The number of unbranched alkanes of at least 4 members (excludes halogenated alkanes) is 6. The second kappa shape index (κ2) is 64.8. The molecule has 0 rings (SSSR count). The molecule has 14 atom stereocenters. The van der Waals surface area contributed by atoms with Crippen LogP contribution in [0.4, 0.5) is 0 Å². The molecule has 0 radical (unpaired) electrons. The van der Waals surface area contributed by atoms with Gasteiger partial charge in [0.2, 0.25) is 76.8 Å². The quantitative estimate of drug-likeness (QED) is 0.0381. The Hall–Kier alpha value is -7.00. The molecule has 119 heavy (non-hydrogen) atoms. The van der Waals surface area contributed by atoms with Gasteiger partial charge in [0.25, 0.3) is 0 Å². The summed E-state index contributed by atoms with van der Waals surface area (Å²) in [5.74, 6) is -10.5. The lowest BCUT2D eigenvalue weighted by molar-refractivity contribution is -0.142. The molecular weight excluding hydrogens is 1570 g/mol. The van der Waals surface area contributed by atoms with Crippen molar-refractivity contribution < 1.29 is 72.2 Å². The van der Waals surface area contributed by atoms with Gasteiger partial charge in [-0.25, -0.2) is 4.79 Å². The minimum atomic E-state index is -1.31. The summed E-state index contributed by atoms with van der Waals surface area (Å²) in [6, 6.07) is -17.0. The molecule has 35 nitrogen and oxygen atoms in total.